The Hall–Kier alpha value is -1.26. The summed E-state index contributed by atoms with van der Waals surface area (Å²) in [6, 6.07) is 5.59. The molecule has 1 N–H and O–H groups in total. The summed E-state index contributed by atoms with van der Waals surface area (Å²) in [5, 5.41) is 9.99. The van der Waals surface area contributed by atoms with E-state index in [2.05, 4.69) is 25.9 Å². The number of hydrogen-bond donors (Lipinski definition) is 1. The van der Waals surface area contributed by atoms with Crippen molar-refractivity contribution in [3.63, 3.8) is 0 Å². The Bertz CT molecular complexity index is 462. The highest BCUT2D eigenvalue weighted by Crippen LogP contribution is 2.18. The second-order valence-corrected chi connectivity index (χ2v) is 4.43. The number of aliphatic hydroxyl groups excluding tert-OH is 1. The maximum absolute atomic E-state index is 9.99. The monoisotopic (exact) mass is 278 g/mol. The summed E-state index contributed by atoms with van der Waals surface area (Å²) in [6.07, 6.45) is 6.88. The standard InChI is InChI=1S/C12H11BrN2O/c13-11-5-9(7-15-8-11)6-12(16)10-1-3-14-4-2-10/h1-5,7-8,12,16H,6H2. The van der Waals surface area contributed by atoms with Gasteiger partial charge in [0, 0.05) is 35.7 Å². The van der Waals surface area contributed by atoms with Crippen LogP contribution in [-0.4, -0.2) is 15.1 Å². The Kier molecular flexibility index (Phi) is 3.64. The van der Waals surface area contributed by atoms with Gasteiger partial charge in [-0.15, -0.1) is 0 Å². The second kappa shape index (κ2) is 5.18. The van der Waals surface area contributed by atoms with Crippen LogP contribution in [0.25, 0.3) is 0 Å². The number of pyridine rings is 2. The summed E-state index contributed by atoms with van der Waals surface area (Å²) in [5.74, 6) is 0. The van der Waals surface area contributed by atoms with Crippen LogP contribution in [0.2, 0.25) is 0 Å². The van der Waals surface area contributed by atoms with E-state index in [1.807, 2.05) is 18.2 Å². The summed E-state index contributed by atoms with van der Waals surface area (Å²) < 4.78 is 0.923. The topological polar surface area (TPSA) is 46.0 Å². The number of aromatic nitrogens is 2. The Morgan fingerprint density at radius 3 is 2.62 bits per heavy atom. The fourth-order valence-electron chi connectivity index (χ4n) is 1.49. The van der Waals surface area contributed by atoms with Gasteiger partial charge in [0.2, 0.25) is 0 Å². The van der Waals surface area contributed by atoms with E-state index < -0.39 is 6.10 Å². The first-order valence-electron chi connectivity index (χ1n) is 4.93. The number of rotatable bonds is 3. The molecule has 0 fully saturated rings. The van der Waals surface area contributed by atoms with Gasteiger partial charge < -0.3 is 5.11 Å². The molecule has 0 amide bonds. The summed E-state index contributed by atoms with van der Waals surface area (Å²) in [7, 11) is 0. The third-order valence-electron chi connectivity index (χ3n) is 2.28. The SMILES string of the molecule is OC(Cc1cncc(Br)c1)c1ccncc1. The van der Waals surface area contributed by atoms with Gasteiger partial charge in [-0.1, -0.05) is 0 Å². The average molecular weight is 279 g/mol. The summed E-state index contributed by atoms with van der Waals surface area (Å²) >= 11 is 3.35. The van der Waals surface area contributed by atoms with Gasteiger partial charge in [0.1, 0.15) is 0 Å². The van der Waals surface area contributed by atoms with Gasteiger partial charge in [-0.05, 0) is 45.3 Å². The van der Waals surface area contributed by atoms with Crippen LogP contribution in [0.4, 0.5) is 0 Å². The molecule has 0 aliphatic rings. The van der Waals surface area contributed by atoms with Crippen molar-refractivity contribution in [1.29, 1.82) is 0 Å². The number of hydrogen-bond acceptors (Lipinski definition) is 3. The summed E-state index contributed by atoms with van der Waals surface area (Å²) in [4.78, 5) is 7.98. The molecule has 2 rings (SSSR count). The van der Waals surface area contributed by atoms with Gasteiger partial charge in [-0.25, -0.2) is 0 Å². The van der Waals surface area contributed by atoms with Crippen molar-refractivity contribution in [3.05, 3.63) is 58.6 Å². The van der Waals surface area contributed by atoms with Crippen LogP contribution in [-0.2, 0) is 6.42 Å². The van der Waals surface area contributed by atoms with E-state index >= 15 is 0 Å². The minimum atomic E-state index is -0.515. The highest BCUT2D eigenvalue weighted by atomic mass is 79.9. The molecular weight excluding hydrogens is 268 g/mol. The molecule has 0 aliphatic carbocycles. The molecule has 4 heteroatoms. The summed E-state index contributed by atoms with van der Waals surface area (Å²) in [5.41, 5.74) is 1.87. The maximum atomic E-state index is 9.99. The predicted octanol–water partition coefficient (Wildman–Crippen LogP) is 2.52. The minimum Gasteiger partial charge on any atom is -0.388 e. The van der Waals surface area contributed by atoms with Crippen molar-refractivity contribution >= 4 is 15.9 Å². The van der Waals surface area contributed by atoms with Crippen LogP contribution in [0.1, 0.15) is 17.2 Å². The molecule has 0 aromatic carbocycles. The largest absolute Gasteiger partial charge is 0.388 e. The zero-order valence-electron chi connectivity index (χ0n) is 8.55. The van der Waals surface area contributed by atoms with Crippen molar-refractivity contribution in [3.8, 4) is 0 Å². The van der Waals surface area contributed by atoms with Crippen molar-refractivity contribution < 1.29 is 5.11 Å². The second-order valence-electron chi connectivity index (χ2n) is 3.51. The maximum Gasteiger partial charge on any atom is 0.0832 e. The van der Waals surface area contributed by atoms with Gasteiger partial charge in [-0.3, -0.25) is 9.97 Å². The lowest BCUT2D eigenvalue weighted by Crippen LogP contribution is -2.02. The summed E-state index contributed by atoms with van der Waals surface area (Å²) in [6.45, 7) is 0. The lowest BCUT2D eigenvalue weighted by atomic mass is 10.0. The Morgan fingerprint density at radius 1 is 1.19 bits per heavy atom. The first kappa shape index (κ1) is 11.2. The van der Waals surface area contributed by atoms with Crippen LogP contribution in [0, 0.1) is 0 Å². The Labute approximate surface area is 102 Å². The van der Waals surface area contributed by atoms with E-state index in [1.165, 1.54) is 0 Å². The van der Waals surface area contributed by atoms with Crippen molar-refractivity contribution in [1.82, 2.24) is 9.97 Å². The van der Waals surface area contributed by atoms with Gasteiger partial charge in [-0.2, -0.15) is 0 Å². The van der Waals surface area contributed by atoms with Crippen molar-refractivity contribution in [2.75, 3.05) is 0 Å². The lowest BCUT2D eigenvalue weighted by molar-refractivity contribution is 0.178. The Balaban J connectivity index is 2.11. The van der Waals surface area contributed by atoms with Crippen LogP contribution in [0.5, 0.6) is 0 Å². The van der Waals surface area contributed by atoms with Crippen LogP contribution >= 0.6 is 15.9 Å². The van der Waals surface area contributed by atoms with E-state index in [4.69, 9.17) is 0 Å². The average Bonchev–Trinajstić information content (AvgIpc) is 2.30. The van der Waals surface area contributed by atoms with Crippen LogP contribution in [0.3, 0.4) is 0 Å². The normalized spacial score (nSPS) is 12.4. The molecule has 16 heavy (non-hydrogen) atoms. The molecule has 0 saturated heterocycles. The third-order valence-corrected chi connectivity index (χ3v) is 2.72. The smallest absolute Gasteiger partial charge is 0.0832 e. The van der Waals surface area contributed by atoms with E-state index in [-0.39, 0.29) is 0 Å². The number of halogens is 1. The van der Waals surface area contributed by atoms with E-state index in [9.17, 15) is 5.11 Å². The fourth-order valence-corrected chi connectivity index (χ4v) is 1.91. The number of aliphatic hydroxyl groups is 1. The molecule has 2 aromatic rings. The van der Waals surface area contributed by atoms with Gasteiger partial charge >= 0.3 is 0 Å². The first-order chi connectivity index (χ1) is 7.75. The molecule has 0 aliphatic heterocycles. The highest BCUT2D eigenvalue weighted by molar-refractivity contribution is 9.10. The van der Waals surface area contributed by atoms with Crippen molar-refractivity contribution in [2.45, 2.75) is 12.5 Å². The van der Waals surface area contributed by atoms with E-state index in [0.29, 0.717) is 6.42 Å². The number of nitrogens with zero attached hydrogens (tertiary/aromatic N) is 2. The first-order valence-corrected chi connectivity index (χ1v) is 5.72. The highest BCUT2D eigenvalue weighted by Gasteiger charge is 2.08. The molecule has 1 atom stereocenters. The minimum absolute atomic E-state index is 0.515. The molecule has 0 spiro atoms. The molecular formula is C12H11BrN2O. The van der Waals surface area contributed by atoms with Crippen LogP contribution < -0.4 is 0 Å². The van der Waals surface area contributed by atoms with Crippen molar-refractivity contribution in [2.24, 2.45) is 0 Å². The molecule has 2 heterocycles. The van der Waals surface area contributed by atoms with Gasteiger partial charge in [0.15, 0.2) is 0 Å². The van der Waals surface area contributed by atoms with Crippen LogP contribution in [0.15, 0.2) is 47.5 Å². The molecule has 0 bridgehead atoms. The molecule has 82 valence electrons. The molecule has 0 radical (unpaired) electrons. The Morgan fingerprint density at radius 2 is 1.94 bits per heavy atom. The predicted molar refractivity (Wildman–Crippen MR) is 64.8 cm³/mol. The molecule has 1 unspecified atom stereocenters. The zero-order valence-corrected chi connectivity index (χ0v) is 10.1. The lowest BCUT2D eigenvalue weighted by Gasteiger charge is -2.10. The van der Waals surface area contributed by atoms with Gasteiger partial charge in [0.25, 0.3) is 0 Å². The molecule has 2 aromatic heterocycles. The zero-order chi connectivity index (χ0) is 11.4. The van der Waals surface area contributed by atoms with Gasteiger partial charge in [0.05, 0.1) is 6.10 Å². The fraction of sp³-hybridized carbons (Fsp3) is 0.167. The molecule has 0 saturated carbocycles. The third kappa shape index (κ3) is 2.87. The van der Waals surface area contributed by atoms with E-state index in [0.717, 1.165) is 15.6 Å². The molecule has 3 nitrogen and oxygen atoms in total. The quantitative estimate of drug-likeness (QED) is 0.939. The van der Waals surface area contributed by atoms with E-state index in [1.54, 1.807) is 24.8 Å².